The number of hydrogen-bond acceptors (Lipinski definition) is 13. The van der Waals surface area contributed by atoms with E-state index in [1.54, 1.807) is 121 Å². The number of amides is 8. The van der Waals surface area contributed by atoms with Gasteiger partial charge in [-0.15, -0.1) is 0 Å². The SMILES string of the molecule is CC(=O)N[C@@H](CCCN=C(N)N)C(=O)N[C@@H](Cc1ccccc1)C(=O)N[C@@H](CCCN=C(N)N)C(=O)N[C@@H](Cc1ccccc1)C(=O)N[C@@H](CCCN=C(N)N)C(=O)N[C@@H](Cc1ccccc1)C(=O)N[C@@H](CCCN=C(N)N)C(=O)N[C@@H](Cc1ccccc1)C(=O)O. The first-order valence-corrected chi connectivity index (χ1v) is 30.0. The number of aliphatic imine (C=N–C) groups is 4. The van der Waals surface area contributed by atoms with Crippen molar-refractivity contribution in [3.8, 4) is 0 Å². The van der Waals surface area contributed by atoms with E-state index in [9.17, 15) is 48.3 Å². The fraction of sp³-hybridized carbons (Fsp3) is 0.403. The van der Waals surface area contributed by atoms with Gasteiger partial charge in [0.05, 0.1) is 0 Å². The molecule has 0 unspecified atom stereocenters. The van der Waals surface area contributed by atoms with E-state index in [1.165, 1.54) is 6.92 Å². The molecule has 0 aliphatic carbocycles. The lowest BCUT2D eigenvalue weighted by Crippen LogP contribution is -2.61. The Morgan fingerprint density at radius 3 is 0.728 bits per heavy atom. The summed E-state index contributed by atoms with van der Waals surface area (Å²) in [6.07, 6.45) is -0.0350. The summed E-state index contributed by atoms with van der Waals surface area (Å²) in [6, 6.07) is 23.4. The molecule has 0 aliphatic rings. The molecule has 496 valence electrons. The van der Waals surface area contributed by atoms with Gasteiger partial charge in [-0.1, -0.05) is 121 Å². The number of nitrogens with two attached hydrogens (primary N) is 8. The average molecular weight is 1270 g/mol. The molecule has 0 radical (unpaired) electrons. The second-order valence-electron chi connectivity index (χ2n) is 21.6. The molecular weight excluding hydrogens is 1180 g/mol. The number of nitrogens with one attached hydrogen (secondary N) is 8. The largest absolute Gasteiger partial charge is 0.480 e. The van der Waals surface area contributed by atoms with E-state index in [4.69, 9.17) is 45.9 Å². The van der Waals surface area contributed by atoms with Crippen LogP contribution in [0.3, 0.4) is 0 Å². The van der Waals surface area contributed by atoms with Crippen LogP contribution in [0.1, 0.15) is 80.5 Å². The van der Waals surface area contributed by atoms with Crippen LogP contribution < -0.4 is 88.4 Å². The molecule has 4 rings (SSSR count). The summed E-state index contributed by atoms with van der Waals surface area (Å²) in [4.78, 5) is 143. The standard InChI is InChI=1S/C62H88N20O10/c1-38(83)75-43(26-14-30-71-59(63)64)51(84)79-47(34-39-18-6-2-7-19-39)55(88)76-44(27-15-31-72-60(65)66)52(85)80-48(35-40-20-8-3-9-21-40)56(89)77-45(28-16-32-73-61(67)68)53(86)81-49(36-41-22-10-4-11-23-41)57(90)78-46(29-17-33-74-62(69)70)54(87)82-50(58(91)92)37-42-24-12-5-13-25-42/h2-13,18-25,43-50H,14-17,26-37H2,1H3,(H,75,83)(H,76,88)(H,77,89)(H,78,90)(H,79,84)(H,80,85)(H,81,86)(H,82,87)(H,91,92)(H4,63,64,71)(H4,65,66,72)(H4,67,68,73)(H4,69,70,74)/t43-,44-,45-,46-,47-,48-,49-,50-/m0/s1. The second-order valence-corrected chi connectivity index (χ2v) is 21.6. The molecule has 0 fully saturated rings. The lowest BCUT2D eigenvalue weighted by atomic mass is 10.0. The van der Waals surface area contributed by atoms with Gasteiger partial charge in [0.2, 0.25) is 47.3 Å². The fourth-order valence-corrected chi connectivity index (χ4v) is 9.47. The molecule has 0 aromatic heterocycles. The molecule has 0 aliphatic heterocycles. The maximum Gasteiger partial charge on any atom is 0.326 e. The molecule has 8 atom stereocenters. The maximum atomic E-state index is 15.0. The first kappa shape index (κ1) is 73.7. The van der Waals surface area contributed by atoms with Crippen LogP contribution in [0.2, 0.25) is 0 Å². The Balaban J connectivity index is 1.72. The number of carbonyl (C=O) groups excluding carboxylic acids is 8. The van der Waals surface area contributed by atoms with Crippen LogP contribution in [0.15, 0.2) is 141 Å². The number of guanidine groups is 4. The molecule has 30 nitrogen and oxygen atoms in total. The molecule has 0 saturated heterocycles. The van der Waals surface area contributed by atoms with Gasteiger partial charge in [0.1, 0.15) is 48.3 Å². The quantitative estimate of drug-likeness (QED) is 0.0121. The Bertz CT molecular complexity index is 3140. The molecule has 8 amide bonds. The van der Waals surface area contributed by atoms with E-state index in [1.807, 2.05) is 0 Å². The maximum absolute atomic E-state index is 15.0. The molecule has 92 heavy (non-hydrogen) atoms. The highest BCUT2D eigenvalue weighted by molar-refractivity contribution is 5.98. The topological polar surface area (TPSA) is 528 Å². The van der Waals surface area contributed by atoms with Crippen LogP contribution in [0.5, 0.6) is 0 Å². The summed E-state index contributed by atoms with van der Waals surface area (Å²) >= 11 is 0. The number of carboxylic acid groups (broad SMARTS) is 1. The van der Waals surface area contributed by atoms with Crippen LogP contribution in [0.4, 0.5) is 0 Å². The van der Waals surface area contributed by atoms with Crippen molar-refractivity contribution < 1.29 is 48.3 Å². The number of carbonyl (C=O) groups is 9. The van der Waals surface area contributed by atoms with Crippen molar-refractivity contribution in [3.05, 3.63) is 144 Å². The summed E-state index contributed by atoms with van der Waals surface area (Å²) in [7, 11) is 0. The van der Waals surface area contributed by atoms with Gasteiger partial charge in [0.15, 0.2) is 23.8 Å². The van der Waals surface area contributed by atoms with Crippen LogP contribution in [0, 0.1) is 0 Å². The van der Waals surface area contributed by atoms with Gasteiger partial charge in [0.25, 0.3) is 0 Å². The predicted molar refractivity (Wildman–Crippen MR) is 349 cm³/mol. The van der Waals surface area contributed by atoms with Gasteiger partial charge < -0.3 is 93.5 Å². The van der Waals surface area contributed by atoms with E-state index in [2.05, 4.69) is 62.5 Å². The fourth-order valence-electron chi connectivity index (χ4n) is 9.47. The summed E-state index contributed by atoms with van der Waals surface area (Å²) in [5.74, 6) is -8.56. The highest BCUT2D eigenvalue weighted by Gasteiger charge is 2.35. The van der Waals surface area contributed by atoms with Crippen molar-refractivity contribution in [3.63, 3.8) is 0 Å². The van der Waals surface area contributed by atoms with Crippen LogP contribution in [-0.2, 0) is 68.8 Å². The molecule has 4 aromatic rings. The number of hydrogen-bond donors (Lipinski definition) is 17. The normalized spacial score (nSPS) is 13.3. The average Bonchev–Trinajstić information content (AvgIpc) is 1.13. The first-order chi connectivity index (χ1) is 44.0. The van der Waals surface area contributed by atoms with Gasteiger partial charge in [-0.05, 0) is 73.6 Å². The molecule has 0 heterocycles. The third kappa shape index (κ3) is 29.0. The summed E-state index contributed by atoms with van der Waals surface area (Å²) < 4.78 is 0. The summed E-state index contributed by atoms with van der Waals surface area (Å²) in [5.41, 5.74) is 47.0. The smallest absolute Gasteiger partial charge is 0.326 e. The first-order valence-electron chi connectivity index (χ1n) is 30.0. The van der Waals surface area contributed by atoms with Crippen LogP contribution in [-0.4, -0.2) is 157 Å². The number of benzene rings is 4. The van der Waals surface area contributed by atoms with Gasteiger partial charge in [-0.3, -0.25) is 58.3 Å². The van der Waals surface area contributed by atoms with Crippen molar-refractivity contribution in [2.24, 2.45) is 65.8 Å². The zero-order valence-corrected chi connectivity index (χ0v) is 51.5. The van der Waals surface area contributed by atoms with Crippen molar-refractivity contribution in [1.82, 2.24) is 42.5 Å². The van der Waals surface area contributed by atoms with E-state index < -0.39 is 102 Å². The van der Waals surface area contributed by atoms with E-state index in [0.29, 0.717) is 22.3 Å². The highest BCUT2D eigenvalue weighted by atomic mass is 16.4. The van der Waals surface area contributed by atoms with Gasteiger partial charge in [0, 0.05) is 58.8 Å². The monoisotopic (exact) mass is 1270 g/mol. The van der Waals surface area contributed by atoms with Gasteiger partial charge in [-0.25, -0.2) is 4.79 Å². The number of nitrogens with zero attached hydrogens (tertiary/aromatic N) is 4. The molecule has 25 N–H and O–H groups in total. The molecule has 0 bridgehead atoms. The Kier molecular flexibility index (Phi) is 32.0. The van der Waals surface area contributed by atoms with E-state index in [0.717, 1.165) is 0 Å². The molecule has 4 aromatic carbocycles. The molecular formula is C62H88N20O10. The van der Waals surface area contributed by atoms with Crippen LogP contribution >= 0.6 is 0 Å². The third-order valence-corrected chi connectivity index (χ3v) is 14.0. The predicted octanol–water partition coefficient (Wildman–Crippen LogP) is -2.85. The van der Waals surface area contributed by atoms with Crippen LogP contribution in [0.25, 0.3) is 0 Å². The summed E-state index contributed by atoms with van der Waals surface area (Å²) in [6.45, 7) is 1.44. The Hall–Kier alpha value is -10.8. The number of aliphatic carboxylic acids is 1. The van der Waals surface area contributed by atoms with Gasteiger partial charge >= 0.3 is 5.97 Å². The van der Waals surface area contributed by atoms with E-state index in [-0.39, 0.29) is 127 Å². The lowest BCUT2D eigenvalue weighted by molar-refractivity contribution is -0.142. The number of carboxylic acids is 1. The lowest BCUT2D eigenvalue weighted by Gasteiger charge is -2.28. The van der Waals surface area contributed by atoms with Crippen molar-refractivity contribution in [2.45, 2.75) is 132 Å². The molecule has 0 saturated carbocycles. The van der Waals surface area contributed by atoms with Gasteiger partial charge in [-0.2, -0.15) is 0 Å². The van der Waals surface area contributed by atoms with Crippen molar-refractivity contribution in [1.29, 1.82) is 0 Å². The Morgan fingerprint density at radius 2 is 0.511 bits per heavy atom. The molecule has 30 heteroatoms. The minimum absolute atomic E-state index is 0.00137. The van der Waals surface area contributed by atoms with E-state index >= 15 is 0 Å². The minimum Gasteiger partial charge on any atom is -0.480 e. The van der Waals surface area contributed by atoms with Crippen molar-refractivity contribution >= 4 is 77.1 Å². The zero-order chi connectivity index (χ0) is 67.4. The highest BCUT2D eigenvalue weighted by Crippen LogP contribution is 2.13. The van der Waals surface area contributed by atoms with Crippen molar-refractivity contribution in [2.75, 3.05) is 26.2 Å². The Labute approximate surface area is 533 Å². The minimum atomic E-state index is -1.47. The zero-order valence-electron chi connectivity index (χ0n) is 51.5. The Morgan fingerprint density at radius 1 is 0.315 bits per heavy atom. The second kappa shape index (κ2) is 40.0. The third-order valence-electron chi connectivity index (χ3n) is 14.0. The summed E-state index contributed by atoms with van der Waals surface area (Å²) in [5, 5.41) is 31.8. The molecule has 0 spiro atoms. The number of rotatable bonds is 40.